The molecule has 1 aromatic heterocycles. The van der Waals surface area contributed by atoms with Crippen LogP contribution < -0.4 is 15.4 Å². The van der Waals surface area contributed by atoms with E-state index in [1.165, 1.54) is 37.7 Å². The maximum absolute atomic E-state index is 14.4. The fourth-order valence-corrected chi connectivity index (χ4v) is 4.73. The zero-order chi connectivity index (χ0) is 20.6. The largest absolute Gasteiger partial charge is 0.474 e. The highest BCUT2D eigenvalue weighted by Gasteiger charge is 2.32. The Balaban J connectivity index is 1.51. The Bertz CT molecular complexity index is 1000. The zero-order valence-electron chi connectivity index (χ0n) is 16.5. The summed E-state index contributed by atoms with van der Waals surface area (Å²) < 4.78 is 43.8. The molecular weight excluding hydrogens is 395 g/mol. The average molecular weight is 421 g/mol. The monoisotopic (exact) mass is 420 g/mol. The number of benzene rings is 1. The van der Waals surface area contributed by atoms with E-state index in [9.17, 15) is 12.8 Å². The van der Waals surface area contributed by atoms with Crippen LogP contribution in [0.4, 0.5) is 15.9 Å². The lowest BCUT2D eigenvalue weighted by molar-refractivity contribution is 0.0883. The van der Waals surface area contributed by atoms with E-state index in [0.717, 1.165) is 25.2 Å². The van der Waals surface area contributed by atoms with Crippen molar-refractivity contribution < 1.29 is 17.5 Å². The minimum atomic E-state index is -3.47. The first-order valence-corrected chi connectivity index (χ1v) is 11.7. The van der Waals surface area contributed by atoms with Gasteiger partial charge in [0.1, 0.15) is 24.1 Å². The molecule has 2 aromatic rings. The quantitative estimate of drug-likeness (QED) is 0.768. The maximum Gasteiger partial charge on any atom is 0.221 e. The van der Waals surface area contributed by atoms with Crippen LogP contribution in [0.25, 0.3) is 0 Å². The standard InChI is InChI=1S/C20H25FN4O3S/c1-12-19(25-18-7-6-16(10-17(18)21)29(2,26)27)22-11-23-20(12)28-15-8-13-4-3-5-14(9-15)24-13/h6-7,10-11,13-15,24H,3-5,8-9H2,1-2H3,(H,22,23,25). The molecule has 29 heavy (non-hydrogen) atoms. The third-order valence-corrected chi connectivity index (χ3v) is 6.72. The number of ether oxygens (including phenoxy) is 1. The molecule has 0 amide bonds. The Morgan fingerprint density at radius 1 is 1.21 bits per heavy atom. The van der Waals surface area contributed by atoms with Gasteiger partial charge in [-0.05, 0) is 50.8 Å². The Morgan fingerprint density at radius 3 is 2.59 bits per heavy atom. The average Bonchev–Trinajstić information content (AvgIpc) is 2.65. The van der Waals surface area contributed by atoms with Gasteiger partial charge in [-0.1, -0.05) is 6.42 Å². The van der Waals surface area contributed by atoms with Gasteiger partial charge in [-0.2, -0.15) is 0 Å². The summed E-state index contributed by atoms with van der Waals surface area (Å²) >= 11 is 0. The topological polar surface area (TPSA) is 93.2 Å². The lowest BCUT2D eigenvalue weighted by atomic mass is 9.85. The second-order valence-electron chi connectivity index (χ2n) is 7.89. The number of hydrogen-bond acceptors (Lipinski definition) is 7. The van der Waals surface area contributed by atoms with Crippen molar-refractivity contribution in [2.75, 3.05) is 11.6 Å². The van der Waals surface area contributed by atoms with Crippen LogP contribution in [0.3, 0.4) is 0 Å². The smallest absolute Gasteiger partial charge is 0.221 e. The molecule has 0 saturated carbocycles. The van der Waals surface area contributed by atoms with E-state index in [1.54, 1.807) is 0 Å². The lowest BCUT2D eigenvalue weighted by Gasteiger charge is -2.40. The minimum Gasteiger partial charge on any atom is -0.474 e. The summed E-state index contributed by atoms with van der Waals surface area (Å²) in [7, 11) is -3.47. The van der Waals surface area contributed by atoms with Gasteiger partial charge >= 0.3 is 0 Å². The van der Waals surface area contributed by atoms with E-state index < -0.39 is 15.7 Å². The molecule has 1 aromatic carbocycles. The summed E-state index contributed by atoms with van der Waals surface area (Å²) in [6.45, 7) is 1.82. The number of nitrogens with zero attached hydrogens (tertiary/aromatic N) is 2. The Morgan fingerprint density at radius 2 is 1.93 bits per heavy atom. The molecule has 3 heterocycles. The highest BCUT2D eigenvalue weighted by atomic mass is 32.2. The number of rotatable bonds is 5. The second-order valence-corrected chi connectivity index (χ2v) is 9.91. The van der Waals surface area contributed by atoms with Gasteiger partial charge in [0.25, 0.3) is 0 Å². The molecular formula is C20H25FN4O3S. The molecule has 2 bridgehead atoms. The van der Waals surface area contributed by atoms with Gasteiger partial charge < -0.3 is 15.4 Å². The highest BCUT2D eigenvalue weighted by molar-refractivity contribution is 7.90. The van der Waals surface area contributed by atoms with Gasteiger partial charge in [-0.25, -0.2) is 22.8 Å². The van der Waals surface area contributed by atoms with Crippen LogP contribution in [0.2, 0.25) is 0 Å². The van der Waals surface area contributed by atoms with Crippen molar-refractivity contribution in [3.05, 3.63) is 35.9 Å². The first-order chi connectivity index (χ1) is 13.8. The molecule has 156 valence electrons. The van der Waals surface area contributed by atoms with Crippen molar-refractivity contribution in [1.29, 1.82) is 0 Å². The lowest BCUT2D eigenvalue weighted by Crippen LogP contribution is -2.51. The Kier molecular flexibility index (Phi) is 5.44. The van der Waals surface area contributed by atoms with Crippen LogP contribution in [-0.2, 0) is 9.84 Å². The molecule has 0 radical (unpaired) electrons. The van der Waals surface area contributed by atoms with Crippen molar-refractivity contribution in [2.24, 2.45) is 0 Å². The molecule has 2 atom stereocenters. The normalized spacial score (nSPS) is 24.2. The molecule has 2 saturated heterocycles. The van der Waals surface area contributed by atoms with E-state index in [-0.39, 0.29) is 16.7 Å². The third-order valence-electron chi connectivity index (χ3n) is 5.61. The Hall–Kier alpha value is -2.26. The number of halogens is 1. The minimum absolute atomic E-state index is 0.0690. The molecule has 0 aliphatic carbocycles. The van der Waals surface area contributed by atoms with E-state index in [2.05, 4.69) is 20.6 Å². The number of hydrogen-bond donors (Lipinski definition) is 2. The van der Waals surface area contributed by atoms with Crippen LogP contribution >= 0.6 is 0 Å². The van der Waals surface area contributed by atoms with Crippen LogP contribution in [0.15, 0.2) is 29.4 Å². The van der Waals surface area contributed by atoms with Gasteiger partial charge in [0, 0.05) is 18.3 Å². The number of anilines is 2. The van der Waals surface area contributed by atoms with Crippen LogP contribution in [-0.4, -0.2) is 42.8 Å². The number of fused-ring (bicyclic) bond motifs is 2. The number of sulfone groups is 1. The van der Waals surface area contributed by atoms with Gasteiger partial charge in [0.15, 0.2) is 9.84 Å². The van der Waals surface area contributed by atoms with Crippen molar-refractivity contribution >= 4 is 21.3 Å². The fourth-order valence-electron chi connectivity index (χ4n) is 4.10. The molecule has 7 nitrogen and oxygen atoms in total. The zero-order valence-corrected chi connectivity index (χ0v) is 17.3. The van der Waals surface area contributed by atoms with Crippen LogP contribution in [0.1, 0.15) is 37.7 Å². The van der Waals surface area contributed by atoms with E-state index >= 15 is 0 Å². The molecule has 2 fully saturated rings. The number of nitrogens with one attached hydrogen (secondary N) is 2. The molecule has 2 aliphatic rings. The molecule has 4 rings (SSSR count). The van der Waals surface area contributed by atoms with Crippen LogP contribution in [0.5, 0.6) is 5.88 Å². The van der Waals surface area contributed by atoms with Crippen molar-refractivity contribution in [2.45, 2.75) is 62.1 Å². The van der Waals surface area contributed by atoms with E-state index in [0.29, 0.717) is 29.3 Å². The van der Waals surface area contributed by atoms with Crippen molar-refractivity contribution in [3.63, 3.8) is 0 Å². The second kappa shape index (κ2) is 7.87. The van der Waals surface area contributed by atoms with Gasteiger partial charge in [0.05, 0.1) is 16.1 Å². The predicted octanol–water partition coefficient (Wildman–Crippen LogP) is 3.12. The van der Waals surface area contributed by atoms with Crippen LogP contribution in [0, 0.1) is 12.7 Å². The first kappa shape index (κ1) is 20.0. The summed E-state index contributed by atoms with van der Waals surface area (Å²) in [6, 6.07) is 4.74. The molecule has 0 spiro atoms. The first-order valence-electron chi connectivity index (χ1n) is 9.80. The number of piperidine rings is 2. The maximum atomic E-state index is 14.4. The van der Waals surface area contributed by atoms with Gasteiger partial charge in [0.2, 0.25) is 5.88 Å². The van der Waals surface area contributed by atoms with Crippen molar-refractivity contribution in [1.82, 2.24) is 15.3 Å². The van der Waals surface area contributed by atoms with Gasteiger partial charge in [-0.15, -0.1) is 0 Å². The fraction of sp³-hybridized carbons (Fsp3) is 0.500. The summed E-state index contributed by atoms with van der Waals surface area (Å²) in [6.07, 6.45) is 8.04. The molecule has 2 unspecified atom stereocenters. The van der Waals surface area contributed by atoms with Gasteiger partial charge in [-0.3, -0.25) is 0 Å². The van der Waals surface area contributed by atoms with E-state index in [1.807, 2.05) is 6.92 Å². The molecule has 9 heteroatoms. The van der Waals surface area contributed by atoms with E-state index in [4.69, 9.17) is 4.74 Å². The summed E-state index contributed by atoms with van der Waals surface area (Å²) in [5.41, 5.74) is 0.823. The van der Waals surface area contributed by atoms with Crippen molar-refractivity contribution in [3.8, 4) is 5.88 Å². The number of aromatic nitrogens is 2. The highest BCUT2D eigenvalue weighted by Crippen LogP contribution is 2.31. The Labute approximate surface area is 170 Å². The molecule has 2 aliphatic heterocycles. The third kappa shape index (κ3) is 4.51. The molecule has 2 N–H and O–H groups in total. The summed E-state index contributed by atoms with van der Waals surface area (Å²) in [5.74, 6) is 0.246. The predicted molar refractivity (Wildman–Crippen MR) is 108 cm³/mol. The summed E-state index contributed by atoms with van der Waals surface area (Å²) in [5, 5.41) is 6.56. The summed E-state index contributed by atoms with van der Waals surface area (Å²) in [4.78, 5) is 8.40. The SMILES string of the molecule is Cc1c(Nc2ccc(S(C)(=O)=O)cc2F)ncnc1OC1CC2CCCC(C1)N2.